The summed E-state index contributed by atoms with van der Waals surface area (Å²) < 4.78 is 2.06. The number of aromatic nitrogens is 4. The lowest BCUT2D eigenvalue weighted by atomic mass is 10.2. The highest BCUT2D eigenvalue weighted by atomic mass is 16.4. The molecule has 13 heteroatoms. The molecule has 0 spiro atoms. The minimum Gasteiger partial charge on any atom is -0.465 e. The molecule has 13 nitrogen and oxygen atoms in total. The van der Waals surface area contributed by atoms with E-state index in [-0.39, 0.29) is 11.9 Å². The van der Waals surface area contributed by atoms with Crippen molar-refractivity contribution in [2.45, 2.75) is 45.7 Å². The van der Waals surface area contributed by atoms with Crippen molar-refractivity contribution in [2.24, 2.45) is 0 Å². The number of carboxylic acid groups (broad SMARTS) is 1. The van der Waals surface area contributed by atoms with Gasteiger partial charge in [-0.15, -0.1) is 0 Å². The molecule has 39 heavy (non-hydrogen) atoms. The summed E-state index contributed by atoms with van der Waals surface area (Å²) in [6.07, 6.45) is 2.89. The summed E-state index contributed by atoms with van der Waals surface area (Å²) in [5.41, 5.74) is 1.44. The van der Waals surface area contributed by atoms with E-state index in [0.29, 0.717) is 25.0 Å². The van der Waals surface area contributed by atoms with Gasteiger partial charge in [-0.05, 0) is 38.9 Å². The van der Waals surface area contributed by atoms with Crippen molar-refractivity contribution in [3.63, 3.8) is 0 Å². The zero-order valence-corrected chi connectivity index (χ0v) is 23.3. The van der Waals surface area contributed by atoms with Gasteiger partial charge in [-0.25, -0.2) is 9.78 Å². The first-order valence-electron chi connectivity index (χ1n) is 14.4. The molecule has 0 radical (unpaired) electrons. The van der Waals surface area contributed by atoms with Gasteiger partial charge >= 0.3 is 6.09 Å². The van der Waals surface area contributed by atoms with Crippen molar-refractivity contribution >= 4 is 34.9 Å². The maximum atomic E-state index is 13.1. The number of hydrogen-bond acceptors (Lipinski definition) is 9. The number of anilines is 2. The predicted molar refractivity (Wildman–Crippen MR) is 149 cm³/mol. The van der Waals surface area contributed by atoms with Crippen LogP contribution in [0.25, 0.3) is 11.2 Å². The van der Waals surface area contributed by atoms with E-state index in [1.165, 1.54) is 4.90 Å². The van der Waals surface area contributed by atoms with Crippen LogP contribution < -0.4 is 10.2 Å². The van der Waals surface area contributed by atoms with Gasteiger partial charge in [-0.3, -0.25) is 15.0 Å². The van der Waals surface area contributed by atoms with Gasteiger partial charge in [0.05, 0.1) is 6.33 Å². The highest BCUT2D eigenvalue weighted by molar-refractivity contribution is 5.96. The molecule has 5 rings (SSSR count). The molecule has 3 saturated heterocycles. The molecule has 3 fully saturated rings. The Labute approximate surface area is 229 Å². The van der Waals surface area contributed by atoms with Gasteiger partial charge < -0.3 is 29.3 Å². The van der Waals surface area contributed by atoms with Crippen molar-refractivity contribution in [1.29, 1.82) is 0 Å². The fraction of sp³-hybridized carbons (Fsp3) is 0.731. The fourth-order valence-corrected chi connectivity index (χ4v) is 5.90. The van der Waals surface area contributed by atoms with Crippen molar-refractivity contribution < 1.29 is 14.7 Å². The van der Waals surface area contributed by atoms with Crippen LogP contribution in [0, 0.1) is 0 Å². The summed E-state index contributed by atoms with van der Waals surface area (Å²) in [7, 11) is 0. The number of carbonyl (C=O) groups is 2. The molecule has 3 aliphatic rings. The Kier molecular flexibility index (Phi) is 8.78. The predicted octanol–water partition coefficient (Wildman–Crippen LogP) is 1.08. The average molecular weight is 543 g/mol. The van der Waals surface area contributed by atoms with Gasteiger partial charge in [0.2, 0.25) is 11.9 Å². The number of imidazole rings is 1. The molecule has 3 aliphatic heterocycles. The molecule has 0 bridgehead atoms. The number of nitrogens with zero attached hydrogens (tertiary/aromatic N) is 9. The molecule has 2 aromatic heterocycles. The third-order valence-electron chi connectivity index (χ3n) is 8.39. The lowest BCUT2D eigenvalue weighted by Crippen LogP contribution is -2.46. The summed E-state index contributed by atoms with van der Waals surface area (Å²) in [5.74, 6) is 0.547. The number of aryl methyl sites for hydroxylation is 1. The van der Waals surface area contributed by atoms with E-state index in [4.69, 9.17) is 15.0 Å². The van der Waals surface area contributed by atoms with Crippen LogP contribution in [0.2, 0.25) is 0 Å². The summed E-state index contributed by atoms with van der Waals surface area (Å²) >= 11 is 0. The summed E-state index contributed by atoms with van der Waals surface area (Å²) in [5, 5.41) is 12.3. The third kappa shape index (κ3) is 6.25. The lowest BCUT2D eigenvalue weighted by Gasteiger charge is -2.34. The number of nitrogens with one attached hydrogen (secondary N) is 1. The van der Waals surface area contributed by atoms with Crippen LogP contribution in [0.4, 0.5) is 16.6 Å². The standard InChI is InChI=1S/C26H42N10O3/c1-3-31-11-13-33(14-12-31)8-6-9-35-19-27-21-22(34-17-15-32(4-2)16-18-34)28-25(29-23(21)35)30-24(37)20-7-5-10-36(20)26(38)39/h19-20H,3-18H2,1-2H3,(H,38,39)(H,28,29,30,37). The largest absolute Gasteiger partial charge is 0.465 e. The number of carbonyl (C=O) groups excluding carboxylic acids is 1. The molecular formula is C26H42N10O3. The Balaban J connectivity index is 1.34. The Morgan fingerprint density at radius 2 is 1.59 bits per heavy atom. The monoisotopic (exact) mass is 542 g/mol. The van der Waals surface area contributed by atoms with Crippen LogP contribution in [0.15, 0.2) is 6.33 Å². The van der Waals surface area contributed by atoms with Gasteiger partial charge in [0.15, 0.2) is 17.0 Å². The number of amides is 2. The van der Waals surface area contributed by atoms with E-state index in [0.717, 1.165) is 96.3 Å². The average Bonchev–Trinajstić information content (AvgIpc) is 3.61. The molecule has 0 aliphatic carbocycles. The highest BCUT2D eigenvalue weighted by Gasteiger charge is 2.35. The quantitative estimate of drug-likeness (QED) is 0.475. The van der Waals surface area contributed by atoms with E-state index in [9.17, 15) is 14.7 Å². The SMILES string of the molecule is CCN1CCN(CCCn2cnc3c(N4CCN(CC)CC4)nc(NC(=O)C4CCCN4C(=O)O)nc32)CC1. The van der Waals surface area contributed by atoms with E-state index in [2.05, 4.69) is 43.3 Å². The number of likely N-dealkylation sites (N-methyl/N-ethyl adjacent to an activating group) is 2. The maximum absolute atomic E-state index is 13.1. The summed E-state index contributed by atoms with van der Waals surface area (Å²) in [4.78, 5) is 49.7. The molecule has 2 aromatic rings. The Bertz CT molecular complexity index is 1140. The molecular weight excluding hydrogens is 500 g/mol. The first-order chi connectivity index (χ1) is 19.0. The van der Waals surface area contributed by atoms with Crippen LogP contribution in [0.5, 0.6) is 0 Å². The van der Waals surface area contributed by atoms with E-state index < -0.39 is 12.1 Å². The van der Waals surface area contributed by atoms with Crippen LogP contribution in [0.3, 0.4) is 0 Å². The topological polar surface area (TPSA) is 126 Å². The van der Waals surface area contributed by atoms with Crippen LogP contribution in [-0.2, 0) is 11.3 Å². The molecule has 5 heterocycles. The van der Waals surface area contributed by atoms with Crippen molar-refractivity contribution in [3.05, 3.63) is 6.33 Å². The number of fused-ring (bicyclic) bond motifs is 1. The smallest absolute Gasteiger partial charge is 0.407 e. The number of hydrogen-bond donors (Lipinski definition) is 2. The Hall–Kier alpha value is -3.03. The van der Waals surface area contributed by atoms with Gasteiger partial charge in [0, 0.05) is 65.4 Å². The van der Waals surface area contributed by atoms with Gasteiger partial charge in [0.1, 0.15) is 6.04 Å². The number of piperazine rings is 2. The van der Waals surface area contributed by atoms with E-state index in [1.807, 2.05) is 6.33 Å². The Morgan fingerprint density at radius 1 is 0.923 bits per heavy atom. The van der Waals surface area contributed by atoms with Gasteiger partial charge in [-0.1, -0.05) is 13.8 Å². The first kappa shape index (κ1) is 27.5. The van der Waals surface area contributed by atoms with Crippen LogP contribution in [-0.4, -0.2) is 141 Å². The summed E-state index contributed by atoms with van der Waals surface area (Å²) in [6, 6.07) is -0.726. The number of likely N-dealkylation sites (tertiary alicyclic amines) is 1. The van der Waals surface area contributed by atoms with E-state index in [1.54, 1.807) is 0 Å². The van der Waals surface area contributed by atoms with Gasteiger partial charge in [0.25, 0.3) is 0 Å². The second kappa shape index (κ2) is 12.4. The normalized spacial score (nSPS) is 21.6. The highest BCUT2D eigenvalue weighted by Crippen LogP contribution is 2.26. The second-order valence-electron chi connectivity index (χ2n) is 10.7. The van der Waals surface area contributed by atoms with Crippen molar-refractivity contribution in [3.8, 4) is 0 Å². The number of rotatable bonds is 9. The zero-order chi connectivity index (χ0) is 27.4. The first-order valence-corrected chi connectivity index (χ1v) is 14.4. The molecule has 2 amide bonds. The fourth-order valence-electron chi connectivity index (χ4n) is 5.90. The Morgan fingerprint density at radius 3 is 2.26 bits per heavy atom. The maximum Gasteiger partial charge on any atom is 0.407 e. The van der Waals surface area contributed by atoms with Crippen molar-refractivity contribution in [1.82, 2.24) is 39.1 Å². The van der Waals surface area contributed by atoms with Crippen molar-refractivity contribution in [2.75, 3.05) is 88.8 Å². The molecule has 0 aromatic carbocycles. The minimum atomic E-state index is -1.08. The minimum absolute atomic E-state index is 0.204. The molecule has 2 N–H and O–H groups in total. The molecule has 1 unspecified atom stereocenters. The van der Waals surface area contributed by atoms with E-state index >= 15 is 0 Å². The lowest BCUT2D eigenvalue weighted by molar-refractivity contribution is -0.119. The molecule has 0 saturated carbocycles. The third-order valence-corrected chi connectivity index (χ3v) is 8.39. The van der Waals surface area contributed by atoms with Crippen LogP contribution >= 0.6 is 0 Å². The zero-order valence-electron chi connectivity index (χ0n) is 23.3. The second-order valence-corrected chi connectivity index (χ2v) is 10.7. The van der Waals surface area contributed by atoms with Crippen LogP contribution in [0.1, 0.15) is 33.1 Å². The summed E-state index contributed by atoms with van der Waals surface area (Å²) in [6.45, 7) is 16.6. The van der Waals surface area contributed by atoms with Gasteiger partial charge in [-0.2, -0.15) is 9.97 Å². The molecule has 214 valence electrons. The molecule has 1 atom stereocenters.